The van der Waals surface area contributed by atoms with Crippen molar-refractivity contribution in [3.63, 3.8) is 0 Å². The SMILES string of the molecule is COc1c([C@H]2CCCN2C(=O)c2cc(C)no2)c(C)nn1C. The molecule has 0 spiro atoms. The minimum atomic E-state index is -0.131. The number of nitrogens with zero attached hydrogens (tertiary/aromatic N) is 4. The molecule has 1 aliphatic rings. The van der Waals surface area contributed by atoms with Crippen LogP contribution in [0.5, 0.6) is 5.88 Å². The third kappa shape index (κ3) is 2.26. The number of hydrogen-bond donors (Lipinski definition) is 0. The first-order valence-electron chi connectivity index (χ1n) is 7.34. The van der Waals surface area contributed by atoms with Gasteiger partial charge in [-0.2, -0.15) is 5.10 Å². The van der Waals surface area contributed by atoms with Crippen LogP contribution >= 0.6 is 0 Å². The molecule has 3 rings (SSSR count). The number of rotatable bonds is 3. The molecule has 1 saturated heterocycles. The Morgan fingerprint density at radius 1 is 1.45 bits per heavy atom. The number of likely N-dealkylation sites (tertiary alicyclic amines) is 1. The molecule has 0 aromatic carbocycles. The minimum Gasteiger partial charge on any atom is -0.481 e. The normalized spacial score (nSPS) is 18.0. The fraction of sp³-hybridized carbons (Fsp3) is 0.533. The van der Waals surface area contributed by atoms with E-state index < -0.39 is 0 Å². The van der Waals surface area contributed by atoms with Crippen molar-refractivity contribution < 1.29 is 14.1 Å². The van der Waals surface area contributed by atoms with Gasteiger partial charge in [-0.15, -0.1) is 0 Å². The van der Waals surface area contributed by atoms with Gasteiger partial charge >= 0.3 is 0 Å². The van der Waals surface area contributed by atoms with E-state index in [1.165, 1.54) is 0 Å². The maximum absolute atomic E-state index is 12.7. The summed E-state index contributed by atoms with van der Waals surface area (Å²) in [5.41, 5.74) is 2.57. The molecule has 3 heterocycles. The third-order valence-electron chi connectivity index (χ3n) is 4.09. The summed E-state index contributed by atoms with van der Waals surface area (Å²) in [6.07, 6.45) is 1.84. The molecule has 2 aromatic rings. The summed E-state index contributed by atoms with van der Waals surface area (Å²) < 4.78 is 12.3. The van der Waals surface area contributed by atoms with Gasteiger partial charge in [-0.25, -0.2) is 4.68 Å². The van der Waals surface area contributed by atoms with Crippen molar-refractivity contribution in [3.8, 4) is 5.88 Å². The van der Waals surface area contributed by atoms with Crippen LogP contribution in [0.1, 0.15) is 46.4 Å². The first kappa shape index (κ1) is 14.6. The molecule has 7 heteroatoms. The Morgan fingerprint density at radius 2 is 2.23 bits per heavy atom. The molecule has 1 fully saturated rings. The molecule has 0 unspecified atom stereocenters. The van der Waals surface area contributed by atoms with Crippen molar-refractivity contribution in [3.05, 3.63) is 28.8 Å². The minimum absolute atomic E-state index is 0.0402. The largest absolute Gasteiger partial charge is 0.481 e. The van der Waals surface area contributed by atoms with Gasteiger partial charge in [0.2, 0.25) is 11.6 Å². The molecule has 118 valence electrons. The van der Waals surface area contributed by atoms with Crippen LogP contribution < -0.4 is 4.74 Å². The van der Waals surface area contributed by atoms with E-state index in [-0.39, 0.29) is 17.7 Å². The van der Waals surface area contributed by atoms with Crippen molar-refractivity contribution in [2.75, 3.05) is 13.7 Å². The number of aromatic nitrogens is 3. The average Bonchev–Trinajstić information content (AvgIpc) is 3.16. The number of ether oxygens (including phenoxy) is 1. The Bertz CT molecular complexity index is 704. The molecule has 0 radical (unpaired) electrons. The molecular weight excluding hydrogens is 284 g/mol. The van der Waals surface area contributed by atoms with Crippen molar-refractivity contribution in [1.82, 2.24) is 19.8 Å². The highest BCUT2D eigenvalue weighted by molar-refractivity contribution is 5.92. The van der Waals surface area contributed by atoms with Crippen LogP contribution in [0.2, 0.25) is 0 Å². The molecule has 0 aliphatic carbocycles. The lowest BCUT2D eigenvalue weighted by molar-refractivity contribution is 0.0691. The van der Waals surface area contributed by atoms with E-state index in [9.17, 15) is 4.79 Å². The molecular formula is C15H20N4O3. The lowest BCUT2D eigenvalue weighted by atomic mass is 10.0. The molecule has 7 nitrogen and oxygen atoms in total. The fourth-order valence-electron chi connectivity index (χ4n) is 3.19. The number of carbonyl (C=O) groups is 1. The zero-order chi connectivity index (χ0) is 15.9. The highest BCUT2D eigenvalue weighted by atomic mass is 16.5. The summed E-state index contributed by atoms with van der Waals surface area (Å²) in [6, 6.07) is 1.63. The summed E-state index contributed by atoms with van der Waals surface area (Å²) in [6.45, 7) is 4.44. The van der Waals surface area contributed by atoms with E-state index in [1.54, 1.807) is 24.8 Å². The summed E-state index contributed by atoms with van der Waals surface area (Å²) in [5, 5.41) is 8.21. The van der Waals surface area contributed by atoms with Crippen LogP contribution in [0, 0.1) is 13.8 Å². The standard InChI is InChI=1S/C15H20N4O3/c1-9-8-12(22-17-9)14(20)19-7-5-6-11(19)13-10(2)16-18(3)15(13)21-4/h8,11H,5-7H2,1-4H3/t11-/m1/s1. The van der Waals surface area contributed by atoms with Crippen molar-refractivity contribution in [2.24, 2.45) is 7.05 Å². The van der Waals surface area contributed by atoms with Crippen LogP contribution in [-0.4, -0.2) is 39.4 Å². The molecule has 0 saturated carbocycles. The van der Waals surface area contributed by atoms with Crippen LogP contribution in [0.15, 0.2) is 10.6 Å². The average molecular weight is 304 g/mol. The van der Waals surface area contributed by atoms with Crippen LogP contribution in [0.25, 0.3) is 0 Å². The highest BCUT2D eigenvalue weighted by Crippen LogP contribution is 2.39. The summed E-state index contributed by atoms with van der Waals surface area (Å²) in [5.74, 6) is 0.856. The number of aryl methyl sites for hydroxylation is 3. The van der Waals surface area contributed by atoms with Crippen molar-refractivity contribution in [2.45, 2.75) is 32.7 Å². The van der Waals surface area contributed by atoms with Gasteiger partial charge in [0, 0.05) is 19.7 Å². The molecule has 2 aromatic heterocycles. The third-order valence-corrected chi connectivity index (χ3v) is 4.09. The Hall–Kier alpha value is -2.31. The van der Waals surface area contributed by atoms with E-state index in [4.69, 9.17) is 9.26 Å². The van der Waals surface area contributed by atoms with Crippen molar-refractivity contribution in [1.29, 1.82) is 0 Å². The van der Waals surface area contributed by atoms with Gasteiger partial charge < -0.3 is 14.2 Å². The Morgan fingerprint density at radius 3 is 2.86 bits per heavy atom. The Kier molecular flexibility index (Phi) is 3.64. The number of amides is 1. The highest BCUT2D eigenvalue weighted by Gasteiger charge is 2.36. The van der Waals surface area contributed by atoms with Gasteiger partial charge in [0.05, 0.1) is 30.1 Å². The van der Waals surface area contributed by atoms with E-state index >= 15 is 0 Å². The monoisotopic (exact) mass is 304 g/mol. The summed E-state index contributed by atoms with van der Waals surface area (Å²) in [7, 11) is 3.47. The van der Waals surface area contributed by atoms with E-state index in [2.05, 4.69) is 10.3 Å². The zero-order valence-corrected chi connectivity index (χ0v) is 13.3. The topological polar surface area (TPSA) is 73.4 Å². The fourth-order valence-corrected chi connectivity index (χ4v) is 3.19. The van der Waals surface area contributed by atoms with Gasteiger partial charge in [-0.3, -0.25) is 4.79 Å². The van der Waals surface area contributed by atoms with E-state index in [1.807, 2.05) is 18.9 Å². The first-order chi connectivity index (χ1) is 10.5. The second-order valence-corrected chi connectivity index (χ2v) is 5.62. The van der Waals surface area contributed by atoms with E-state index in [0.717, 1.165) is 24.1 Å². The Labute approximate surface area is 128 Å². The number of hydrogen-bond acceptors (Lipinski definition) is 5. The van der Waals surface area contributed by atoms with Gasteiger partial charge in [-0.1, -0.05) is 5.16 Å². The van der Waals surface area contributed by atoms with Crippen LogP contribution in [-0.2, 0) is 7.05 Å². The second-order valence-electron chi connectivity index (χ2n) is 5.62. The molecule has 22 heavy (non-hydrogen) atoms. The smallest absolute Gasteiger partial charge is 0.292 e. The van der Waals surface area contributed by atoms with Crippen molar-refractivity contribution >= 4 is 5.91 Å². The quantitative estimate of drug-likeness (QED) is 0.867. The maximum atomic E-state index is 12.7. The second kappa shape index (κ2) is 5.47. The molecule has 1 atom stereocenters. The van der Waals surface area contributed by atoms with Gasteiger partial charge in [0.25, 0.3) is 5.91 Å². The van der Waals surface area contributed by atoms with Gasteiger partial charge in [-0.05, 0) is 26.7 Å². The molecule has 1 aliphatic heterocycles. The Balaban J connectivity index is 1.95. The molecule has 0 N–H and O–H groups in total. The van der Waals surface area contributed by atoms with E-state index in [0.29, 0.717) is 18.1 Å². The lowest BCUT2D eigenvalue weighted by Crippen LogP contribution is -2.30. The summed E-state index contributed by atoms with van der Waals surface area (Å²) in [4.78, 5) is 14.5. The van der Waals surface area contributed by atoms with Crippen LogP contribution in [0.4, 0.5) is 0 Å². The predicted molar refractivity (Wildman–Crippen MR) is 78.7 cm³/mol. The maximum Gasteiger partial charge on any atom is 0.292 e. The van der Waals surface area contributed by atoms with Gasteiger partial charge in [0.15, 0.2) is 0 Å². The van der Waals surface area contributed by atoms with Gasteiger partial charge in [0.1, 0.15) is 0 Å². The first-order valence-corrected chi connectivity index (χ1v) is 7.34. The molecule has 0 bridgehead atoms. The number of methoxy groups -OCH3 is 1. The predicted octanol–water partition coefficient (Wildman–Crippen LogP) is 2.01. The zero-order valence-electron chi connectivity index (χ0n) is 13.3. The van der Waals surface area contributed by atoms with Crippen LogP contribution in [0.3, 0.4) is 0 Å². The molecule has 1 amide bonds. The number of carbonyl (C=O) groups excluding carboxylic acids is 1. The summed E-state index contributed by atoms with van der Waals surface area (Å²) >= 11 is 0. The lowest BCUT2D eigenvalue weighted by Gasteiger charge is -2.24.